The Morgan fingerprint density at radius 1 is 1.24 bits per heavy atom. The summed E-state index contributed by atoms with van der Waals surface area (Å²) in [6, 6.07) is 4.98. The second-order valence-corrected chi connectivity index (χ2v) is 6.08. The molecule has 134 valence electrons. The van der Waals surface area contributed by atoms with Crippen molar-refractivity contribution in [3.05, 3.63) is 44.5 Å². The highest BCUT2D eigenvalue weighted by molar-refractivity contribution is 5.97. The van der Waals surface area contributed by atoms with Crippen LogP contribution in [-0.4, -0.2) is 59.6 Å². The Labute approximate surface area is 144 Å². The molecule has 2 aromatic rings. The third-order valence-electron chi connectivity index (χ3n) is 4.48. The average molecular weight is 345 g/mol. The molecule has 25 heavy (non-hydrogen) atoms. The maximum atomic E-state index is 12.3. The van der Waals surface area contributed by atoms with E-state index < -0.39 is 11.1 Å². The fourth-order valence-electron chi connectivity index (χ4n) is 3.10. The van der Waals surface area contributed by atoms with Gasteiger partial charge in [0, 0.05) is 51.4 Å². The quantitative estimate of drug-likeness (QED) is 0.625. The van der Waals surface area contributed by atoms with Crippen molar-refractivity contribution in [2.24, 2.45) is 0 Å². The molecule has 1 saturated heterocycles. The van der Waals surface area contributed by atoms with Crippen LogP contribution >= 0.6 is 0 Å². The van der Waals surface area contributed by atoms with Gasteiger partial charge in [-0.05, 0) is 25.1 Å². The molecule has 8 nitrogen and oxygen atoms in total. The number of fused-ring (bicyclic) bond motifs is 1. The highest BCUT2D eigenvalue weighted by Gasteiger charge is 2.12. The van der Waals surface area contributed by atoms with Crippen LogP contribution in [-0.2, 0) is 6.54 Å². The highest BCUT2D eigenvalue weighted by Crippen LogP contribution is 2.11. The average Bonchev–Trinajstić information content (AvgIpc) is 2.63. The van der Waals surface area contributed by atoms with Crippen molar-refractivity contribution >= 4 is 16.9 Å². The maximum absolute atomic E-state index is 12.3. The maximum Gasteiger partial charge on any atom is 0.316 e. The highest BCUT2D eigenvalue weighted by atomic mass is 16.2. The molecule has 3 rings (SSSR count). The molecule has 0 spiro atoms. The number of carbonyl (C=O) groups is 1. The molecular formula is C17H23N5O3. The Kier molecular flexibility index (Phi) is 5.30. The smallest absolute Gasteiger partial charge is 0.316 e. The number of benzene rings is 1. The van der Waals surface area contributed by atoms with E-state index in [0.29, 0.717) is 29.7 Å². The Morgan fingerprint density at radius 2 is 2.00 bits per heavy atom. The number of aryl methyl sites for hydroxylation is 1. The van der Waals surface area contributed by atoms with Crippen molar-refractivity contribution in [2.75, 3.05) is 39.3 Å². The van der Waals surface area contributed by atoms with Crippen LogP contribution in [0.25, 0.3) is 11.0 Å². The second kappa shape index (κ2) is 7.62. The minimum Gasteiger partial charge on any atom is -0.351 e. The van der Waals surface area contributed by atoms with Crippen LogP contribution in [0.5, 0.6) is 0 Å². The molecule has 0 saturated carbocycles. The van der Waals surface area contributed by atoms with Gasteiger partial charge in [0.25, 0.3) is 5.91 Å². The summed E-state index contributed by atoms with van der Waals surface area (Å²) in [5.41, 5.74) is 0.310. The third-order valence-corrected chi connectivity index (χ3v) is 4.48. The molecule has 1 aromatic carbocycles. The number of rotatable bonds is 5. The van der Waals surface area contributed by atoms with Gasteiger partial charge in [-0.1, -0.05) is 0 Å². The van der Waals surface area contributed by atoms with Crippen molar-refractivity contribution in [2.45, 2.75) is 13.5 Å². The lowest BCUT2D eigenvalue weighted by Gasteiger charge is -2.27. The largest absolute Gasteiger partial charge is 0.351 e. The van der Waals surface area contributed by atoms with Crippen LogP contribution < -0.4 is 21.8 Å². The molecule has 8 heteroatoms. The van der Waals surface area contributed by atoms with E-state index in [0.717, 1.165) is 32.7 Å². The Balaban J connectivity index is 1.72. The summed E-state index contributed by atoms with van der Waals surface area (Å²) in [6.45, 7) is 7.51. The van der Waals surface area contributed by atoms with Crippen LogP contribution in [0.4, 0.5) is 0 Å². The SMILES string of the molecule is CCn1c(=O)c(=O)[nH]c2cc(C(=O)NCCN3CCNCC3)ccc21. The van der Waals surface area contributed by atoms with Crippen molar-refractivity contribution < 1.29 is 4.79 Å². The van der Waals surface area contributed by atoms with Crippen LogP contribution in [0.1, 0.15) is 17.3 Å². The molecule has 0 unspecified atom stereocenters. The number of aromatic nitrogens is 2. The van der Waals surface area contributed by atoms with Crippen LogP contribution in [0.15, 0.2) is 27.8 Å². The number of H-pyrrole nitrogens is 1. The number of nitrogens with zero attached hydrogens (tertiary/aromatic N) is 2. The summed E-state index contributed by atoms with van der Waals surface area (Å²) in [4.78, 5) is 40.8. The number of nitrogens with one attached hydrogen (secondary N) is 3. The summed E-state index contributed by atoms with van der Waals surface area (Å²) < 4.78 is 1.40. The Morgan fingerprint density at radius 3 is 2.72 bits per heavy atom. The topological polar surface area (TPSA) is 99.2 Å². The van der Waals surface area contributed by atoms with Crippen LogP contribution in [0, 0.1) is 0 Å². The molecule has 1 fully saturated rings. The molecule has 0 aliphatic carbocycles. The number of hydrogen-bond donors (Lipinski definition) is 3. The molecule has 2 heterocycles. The molecule has 1 aromatic heterocycles. The fourth-order valence-corrected chi connectivity index (χ4v) is 3.10. The summed E-state index contributed by atoms with van der Waals surface area (Å²) in [5.74, 6) is -0.188. The van der Waals surface area contributed by atoms with E-state index >= 15 is 0 Å². The summed E-state index contributed by atoms with van der Waals surface area (Å²) in [7, 11) is 0. The Hall–Kier alpha value is -2.45. The normalized spacial score (nSPS) is 15.4. The van der Waals surface area contributed by atoms with Gasteiger partial charge in [0.05, 0.1) is 11.0 Å². The number of carbonyl (C=O) groups excluding carboxylic acids is 1. The number of amides is 1. The second-order valence-electron chi connectivity index (χ2n) is 6.08. The van der Waals surface area contributed by atoms with Gasteiger partial charge < -0.3 is 20.2 Å². The van der Waals surface area contributed by atoms with Gasteiger partial charge in [-0.15, -0.1) is 0 Å². The molecule has 0 atom stereocenters. The van der Waals surface area contributed by atoms with Gasteiger partial charge in [-0.25, -0.2) is 0 Å². The van der Waals surface area contributed by atoms with E-state index in [1.165, 1.54) is 4.57 Å². The summed E-state index contributed by atoms with van der Waals surface area (Å²) in [6.07, 6.45) is 0. The summed E-state index contributed by atoms with van der Waals surface area (Å²) >= 11 is 0. The van der Waals surface area contributed by atoms with E-state index in [1.54, 1.807) is 25.1 Å². The van der Waals surface area contributed by atoms with Crippen molar-refractivity contribution in [3.8, 4) is 0 Å². The van der Waals surface area contributed by atoms with Crippen molar-refractivity contribution in [1.82, 2.24) is 25.1 Å². The minimum atomic E-state index is -0.675. The van der Waals surface area contributed by atoms with Gasteiger partial charge in [0.2, 0.25) is 0 Å². The van der Waals surface area contributed by atoms with E-state index in [1.807, 2.05) is 0 Å². The lowest BCUT2D eigenvalue weighted by molar-refractivity contribution is 0.0947. The predicted molar refractivity (Wildman–Crippen MR) is 96.1 cm³/mol. The molecular weight excluding hydrogens is 322 g/mol. The predicted octanol–water partition coefficient (Wildman–Crippen LogP) is -0.655. The first-order valence-corrected chi connectivity index (χ1v) is 8.58. The molecule has 0 radical (unpaired) electrons. The number of piperazine rings is 1. The van der Waals surface area contributed by atoms with Gasteiger partial charge >= 0.3 is 11.1 Å². The summed E-state index contributed by atoms with van der Waals surface area (Å²) in [5, 5.41) is 6.20. The standard InChI is InChI=1S/C17H23N5O3/c1-2-22-14-4-3-12(11-13(14)20-16(24)17(22)25)15(23)19-7-10-21-8-5-18-6-9-21/h3-4,11,18H,2,5-10H2,1H3,(H,19,23)(H,20,24). The van der Waals surface area contributed by atoms with E-state index in [4.69, 9.17) is 0 Å². The van der Waals surface area contributed by atoms with Gasteiger partial charge in [-0.3, -0.25) is 19.3 Å². The molecule has 3 N–H and O–H groups in total. The molecule has 0 bridgehead atoms. The number of aromatic amines is 1. The van der Waals surface area contributed by atoms with Gasteiger partial charge in [-0.2, -0.15) is 0 Å². The zero-order chi connectivity index (χ0) is 17.8. The molecule has 1 amide bonds. The molecule has 1 aliphatic heterocycles. The van der Waals surface area contributed by atoms with Gasteiger partial charge in [0.15, 0.2) is 0 Å². The van der Waals surface area contributed by atoms with E-state index in [2.05, 4.69) is 20.5 Å². The van der Waals surface area contributed by atoms with Crippen molar-refractivity contribution in [3.63, 3.8) is 0 Å². The first-order chi connectivity index (χ1) is 12.1. The lowest BCUT2D eigenvalue weighted by atomic mass is 10.1. The monoisotopic (exact) mass is 345 g/mol. The van der Waals surface area contributed by atoms with E-state index in [-0.39, 0.29) is 5.91 Å². The fraction of sp³-hybridized carbons (Fsp3) is 0.471. The molecule has 1 aliphatic rings. The lowest BCUT2D eigenvalue weighted by Crippen LogP contribution is -2.46. The van der Waals surface area contributed by atoms with Crippen LogP contribution in [0.2, 0.25) is 0 Å². The van der Waals surface area contributed by atoms with E-state index in [9.17, 15) is 14.4 Å². The zero-order valence-corrected chi connectivity index (χ0v) is 14.3. The van der Waals surface area contributed by atoms with Crippen LogP contribution in [0.3, 0.4) is 0 Å². The Bertz CT molecular complexity index is 880. The minimum absolute atomic E-state index is 0.188. The van der Waals surface area contributed by atoms with Gasteiger partial charge in [0.1, 0.15) is 0 Å². The third kappa shape index (κ3) is 3.80. The zero-order valence-electron chi connectivity index (χ0n) is 14.3. The first kappa shape index (κ1) is 17.4. The number of hydrogen-bond acceptors (Lipinski definition) is 5. The first-order valence-electron chi connectivity index (χ1n) is 8.58. The van der Waals surface area contributed by atoms with Crippen molar-refractivity contribution in [1.29, 1.82) is 0 Å².